The lowest BCUT2D eigenvalue weighted by atomic mass is 9.65. The van der Waals surface area contributed by atoms with Gasteiger partial charge in [0.15, 0.2) is 11.5 Å². The lowest BCUT2D eigenvalue weighted by Crippen LogP contribution is -2.52. The Morgan fingerprint density at radius 3 is 2.59 bits per heavy atom. The number of rotatable bonds is 5. The summed E-state index contributed by atoms with van der Waals surface area (Å²) in [5.74, 6) is 1.53. The fraction of sp³-hybridized carbons (Fsp3) is 0.387. The molecule has 2 fully saturated rings. The first-order valence-corrected chi connectivity index (χ1v) is 13.2. The molecule has 1 heterocycles. The largest absolute Gasteiger partial charge is 0.493 e. The van der Waals surface area contributed by atoms with Crippen molar-refractivity contribution in [2.45, 2.75) is 49.6 Å². The Morgan fingerprint density at radius 2 is 1.76 bits per heavy atom. The van der Waals surface area contributed by atoms with Gasteiger partial charge in [-0.15, -0.1) is 0 Å². The number of carbonyl (C=O) groups excluding carboxylic acids is 1. The molecule has 0 spiro atoms. The molecule has 3 aromatic carbocycles. The highest BCUT2D eigenvalue weighted by atomic mass is 16.5. The van der Waals surface area contributed by atoms with Gasteiger partial charge in [-0.1, -0.05) is 36.4 Å². The van der Waals surface area contributed by atoms with E-state index in [-0.39, 0.29) is 17.5 Å². The molecule has 3 aromatic rings. The first kappa shape index (κ1) is 23.9. The average Bonchev–Trinajstić information content (AvgIpc) is 3.46. The van der Waals surface area contributed by atoms with Gasteiger partial charge in [0.25, 0.3) is 0 Å². The van der Waals surface area contributed by atoms with Crippen LogP contribution in [0, 0.1) is 0 Å². The van der Waals surface area contributed by atoms with Crippen LogP contribution in [0.1, 0.15) is 42.4 Å². The number of nitrogens with one attached hydrogen (secondary N) is 2. The average molecular weight is 498 g/mol. The minimum absolute atomic E-state index is 0.0674. The topological polar surface area (TPSA) is 62.8 Å². The molecular formula is C31H35N3O3. The summed E-state index contributed by atoms with van der Waals surface area (Å²) in [5, 5.41) is 6.36. The summed E-state index contributed by atoms with van der Waals surface area (Å²) in [6, 6.07) is 21.5. The predicted molar refractivity (Wildman–Crippen MR) is 147 cm³/mol. The van der Waals surface area contributed by atoms with Crippen LogP contribution in [0.5, 0.6) is 11.5 Å². The van der Waals surface area contributed by atoms with Gasteiger partial charge in [0.1, 0.15) is 0 Å². The van der Waals surface area contributed by atoms with Crippen LogP contribution in [0.2, 0.25) is 0 Å². The van der Waals surface area contributed by atoms with Crippen molar-refractivity contribution >= 4 is 11.7 Å². The zero-order valence-corrected chi connectivity index (χ0v) is 21.8. The molecule has 0 bridgehead atoms. The number of benzene rings is 3. The van der Waals surface area contributed by atoms with Gasteiger partial charge >= 0.3 is 6.03 Å². The molecule has 2 aliphatic carbocycles. The zero-order chi connectivity index (χ0) is 25.6. The van der Waals surface area contributed by atoms with Crippen molar-refractivity contribution in [3.8, 4) is 22.6 Å². The van der Waals surface area contributed by atoms with E-state index in [9.17, 15) is 4.79 Å². The van der Waals surface area contributed by atoms with Crippen LogP contribution >= 0.6 is 0 Å². The quantitative estimate of drug-likeness (QED) is 0.377. The molecule has 1 aliphatic heterocycles. The maximum Gasteiger partial charge on any atom is 0.319 e. The molecule has 6 rings (SSSR count). The SMILES string of the molecule is COc1ccc([C@@]23CC[C@H](NC(=O)Nc4ccc5c(c4)Cc4ccccc4-5)C[C@H]2N(C)CC3)cc1OC. The fourth-order valence-electron chi connectivity index (χ4n) is 6.97. The Hall–Kier alpha value is -3.51. The van der Waals surface area contributed by atoms with Gasteiger partial charge in [0.05, 0.1) is 14.2 Å². The van der Waals surface area contributed by atoms with E-state index >= 15 is 0 Å². The van der Waals surface area contributed by atoms with Crippen molar-refractivity contribution < 1.29 is 14.3 Å². The predicted octanol–water partition coefficient (Wildman–Crippen LogP) is 5.59. The van der Waals surface area contributed by atoms with Crippen molar-refractivity contribution in [2.24, 2.45) is 0 Å². The third-order valence-electron chi connectivity index (χ3n) is 8.87. The first-order chi connectivity index (χ1) is 18.0. The number of urea groups is 1. The lowest BCUT2D eigenvalue weighted by molar-refractivity contribution is 0.156. The first-order valence-electron chi connectivity index (χ1n) is 13.2. The van der Waals surface area contributed by atoms with Crippen LogP contribution in [0.3, 0.4) is 0 Å². The van der Waals surface area contributed by atoms with Crippen LogP contribution < -0.4 is 20.1 Å². The van der Waals surface area contributed by atoms with Crippen molar-refractivity contribution in [3.63, 3.8) is 0 Å². The molecule has 6 nitrogen and oxygen atoms in total. The van der Waals surface area contributed by atoms with Crippen LogP contribution in [0.15, 0.2) is 60.7 Å². The highest BCUT2D eigenvalue weighted by Gasteiger charge is 2.50. The molecule has 3 aliphatic rings. The Balaban J connectivity index is 1.14. The van der Waals surface area contributed by atoms with E-state index in [1.54, 1.807) is 14.2 Å². The second-order valence-corrected chi connectivity index (χ2v) is 10.7. The van der Waals surface area contributed by atoms with Gasteiger partial charge in [0, 0.05) is 23.2 Å². The highest BCUT2D eigenvalue weighted by Crippen LogP contribution is 2.50. The molecule has 3 atom stereocenters. The van der Waals surface area contributed by atoms with E-state index in [1.165, 1.54) is 27.8 Å². The number of anilines is 1. The van der Waals surface area contributed by atoms with Gasteiger partial charge in [0.2, 0.25) is 0 Å². The van der Waals surface area contributed by atoms with E-state index in [1.807, 2.05) is 12.1 Å². The summed E-state index contributed by atoms with van der Waals surface area (Å²) in [4.78, 5) is 15.5. The number of amides is 2. The number of nitrogens with zero attached hydrogens (tertiary/aromatic N) is 1. The van der Waals surface area contributed by atoms with Crippen LogP contribution in [-0.4, -0.2) is 50.8 Å². The van der Waals surface area contributed by atoms with Gasteiger partial charge in [-0.2, -0.15) is 0 Å². The number of ether oxygens (including phenoxy) is 2. The van der Waals surface area contributed by atoms with Crippen LogP contribution in [0.4, 0.5) is 10.5 Å². The third-order valence-corrected chi connectivity index (χ3v) is 8.87. The van der Waals surface area contributed by atoms with E-state index < -0.39 is 0 Å². The smallest absolute Gasteiger partial charge is 0.319 e. The molecule has 0 radical (unpaired) electrons. The molecular weight excluding hydrogens is 462 g/mol. The molecule has 0 unspecified atom stereocenters. The number of likely N-dealkylation sites (tertiary alicyclic amines) is 1. The Kier molecular flexibility index (Phi) is 6.07. The van der Waals surface area contributed by atoms with Gasteiger partial charge in [-0.05, 0) is 97.8 Å². The monoisotopic (exact) mass is 497 g/mol. The lowest BCUT2D eigenvalue weighted by Gasteiger charge is -2.45. The number of hydrogen-bond donors (Lipinski definition) is 2. The van der Waals surface area contributed by atoms with E-state index in [4.69, 9.17) is 9.47 Å². The second kappa shape index (κ2) is 9.42. The minimum Gasteiger partial charge on any atom is -0.493 e. The number of fused-ring (bicyclic) bond motifs is 4. The second-order valence-electron chi connectivity index (χ2n) is 10.7. The molecule has 1 saturated heterocycles. The summed E-state index contributed by atoms with van der Waals surface area (Å²) in [7, 11) is 5.57. The number of likely N-dealkylation sites (N-methyl/N-ethyl adjacent to an activating group) is 1. The summed E-state index contributed by atoms with van der Waals surface area (Å²) >= 11 is 0. The van der Waals surface area contributed by atoms with Gasteiger partial charge in [-0.25, -0.2) is 4.79 Å². The number of methoxy groups -OCH3 is 2. The van der Waals surface area contributed by atoms with Crippen molar-refractivity contribution in [3.05, 3.63) is 77.4 Å². The fourth-order valence-corrected chi connectivity index (χ4v) is 6.97. The number of hydrogen-bond acceptors (Lipinski definition) is 4. The molecule has 192 valence electrons. The van der Waals surface area contributed by atoms with E-state index in [0.29, 0.717) is 6.04 Å². The molecule has 1 saturated carbocycles. The van der Waals surface area contributed by atoms with Crippen LogP contribution in [0.25, 0.3) is 11.1 Å². The molecule has 0 aromatic heterocycles. The van der Waals surface area contributed by atoms with Crippen LogP contribution in [-0.2, 0) is 11.8 Å². The van der Waals surface area contributed by atoms with Crippen molar-refractivity contribution in [2.75, 3.05) is 33.1 Å². The van der Waals surface area contributed by atoms with Gasteiger partial charge in [-0.3, -0.25) is 0 Å². The molecule has 2 amide bonds. The number of carbonyl (C=O) groups is 1. The van der Waals surface area contributed by atoms with Crippen molar-refractivity contribution in [1.29, 1.82) is 0 Å². The summed E-state index contributed by atoms with van der Waals surface area (Å²) in [6.45, 7) is 1.05. The summed E-state index contributed by atoms with van der Waals surface area (Å²) in [6.07, 6.45) is 4.93. The van der Waals surface area contributed by atoms with E-state index in [2.05, 4.69) is 71.1 Å². The van der Waals surface area contributed by atoms with E-state index in [0.717, 1.165) is 55.8 Å². The zero-order valence-electron chi connectivity index (χ0n) is 21.8. The molecule has 2 N–H and O–H groups in total. The molecule has 37 heavy (non-hydrogen) atoms. The van der Waals surface area contributed by atoms with Crippen molar-refractivity contribution in [1.82, 2.24) is 10.2 Å². The Morgan fingerprint density at radius 1 is 0.946 bits per heavy atom. The minimum atomic E-state index is -0.125. The standard InChI is InChI=1S/C31H35N3O3/c1-34-15-14-31(22-8-11-27(36-2)28(18-22)37-3)13-12-24(19-29(31)34)33-30(35)32-23-9-10-26-21(17-23)16-20-6-4-5-7-25(20)26/h4-11,17-18,24,29H,12-16,19H2,1-3H3,(H2,32,33,35)/t24-,29+,31-/m0/s1. The molecule has 6 heteroatoms. The van der Waals surface area contributed by atoms with Gasteiger partial charge < -0.3 is 25.0 Å². The Bertz CT molecular complexity index is 1340. The highest BCUT2D eigenvalue weighted by molar-refractivity contribution is 5.90. The third kappa shape index (κ3) is 4.13. The Labute approximate surface area is 219 Å². The summed E-state index contributed by atoms with van der Waals surface area (Å²) < 4.78 is 11.1. The normalized spacial score (nSPS) is 24.1. The maximum absolute atomic E-state index is 13.0. The maximum atomic E-state index is 13.0. The summed E-state index contributed by atoms with van der Waals surface area (Å²) in [5.41, 5.74) is 7.40.